The number of amides is 3. The quantitative estimate of drug-likeness (QED) is 0.614. The summed E-state index contributed by atoms with van der Waals surface area (Å²) in [7, 11) is 0. The molecule has 3 amide bonds. The topological polar surface area (TPSA) is 107 Å². The highest BCUT2D eigenvalue weighted by molar-refractivity contribution is 7.09. The molecule has 0 radical (unpaired) electrons. The lowest BCUT2D eigenvalue weighted by atomic mass is 10.1. The molecule has 12 heteroatoms. The first-order valence-electron chi connectivity index (χ1n) is 11.1. The van der Waals surface area contributed by atoms with Gasteiger partial charge < -0.3 is 19.7 Å². The number of hydrazine groups is 1. The van der Waals surface area contributed by atoms with Gasteiger partial charge in [0.05, 0.1) is 36.5 Å². The molecule has 0 aliphatic carbocycles. The van der Waals surface area contributed by atoms with Gasteiger partial charge in [-0.05, 0) is 31.5 Å². The van der Waals surface area contributed by atoms with E-state index in [-0.39, 0.29) is 24.5 Å². The summed E-state index contributed by atoms with van der Waals surface area (Å²) in [6.07, 6.45) is 1.57. The molecule has 0 unspecified atom stereocenters. The maximum absolute atomic E-state index is 15.0. The molecule has 10 nitrogen and oxygen atoms in total. The Morgan fingerprint density at radius 3 is 2.91 bits per heavy atom. The molecule has 0 saturated carbocycles. The van der Waals surface area contributed by atoms with E-state index in [2.05, 4.69) is 15.7 Å². The van der Waals surface area contributed by atoms with Gasteiger partial charge >= 0.3 is 12.1 Å². The van der Waals surface area contributed by atoms with Gasteiger partial charge in [-0.2, -0.15) is 0 Å². The van der Waals surface area contributed by atoms with Crippen molar-refractivity contribution < 1.29 is 23.5 Å². The maximum atomic E-state index is 15.0. The Morgan fingerprint density at radius 1 is 1.32 bits per heavy atom. The number of benzene rings is 1. The molecule has 34 heavy (non-hydrogen) atoms. The van der Waals surface area contributed by atoms with E-state index in [0.717, 1.165) is 4.88 Å². The number of thiazole rings is 1. The van der Waals surface area contributed by atoms with Gasteiger partial charge in [0.2, 0.25) is 0 Å². The molecule has 4 rings (SSSR count). The number of Topliss-reactive ketones (excluding diaryl/α,β-unsaturated/α-hetero) is 1. The zero-order valence-electron chi connectivity index (χ0n) is 18.8. The second-order valence-corrected chi connectivity index (χ2v) is 9.14. The molecule has 2 aliphatic heterocycles. The summed E-state index contributed by atoms with van der Waals surface area (Å²) >= 11 is 1.47. The molecule has 2 aliphatic rings. The summed E-state index contributed by atoms with van der Waals surface area (Å²) in [4.78, 5) is 44.1. The van der Waals surface area contributed by atoms with Gasteiger partial charge in [0, 0.05) is 37.1 Å². The minimum absolute atomic E-state index is 0.0349. The third-order valence-electron chi connectivity index (χ3n) is 5.70. The molecule has 0 bridgehead atoms. The van der Waals surface area contributed by atoms with Gasteiger partial charge in [-0.1, -0.05) is 0 Å². The third kappa shape index (κ3) is 5.81. The van der Waals surface area contributed by atoms with Gasteiger partial charge in [0.1, 0.15) is 17.7 Å². The smallest absolute Gasteiger partial charge is 0.414 e. The molecule has 1 atom stereocenters. The number of rotatable bonds is 7. The molecule has 1 aromatic carbocycles. The van der Waals surface area contributed by atoms with Crippen LogP contribution in [-0.2, 0) is 16.1 Å². The number of carbonyl (C=O) groups excluding carboxylic acids is 3. The summed E-state index contributed by atoms with van der Waals surface area (Å²) in [5.74, 6) is -0.423. The van der Waals surface area contributed by atoms with Crippen LogP contribution in [-0.4, -0.2) is 66.7 Å². The Labute approximate surface area is 200 Å². The Morgan fingerprint density at radius 2 is 2.18 bits per heavy atom. The molecular formula is C22H27FN6O4S. The lowest BCUT2D eigenvalue weighted by Gasteiger charge is -2.24. The summed E-state index contributed by atoms with van der Waals surface area (Å²) in [5.41, 5.74) is 5.59. The number of hydrogen-bond donors (Lipinski definition) is 2. The SMILES string of the molecule is CC(=O)CC[C@H]1CN(c2ccc(N3CCNN(C(=O)NCc4cncs4)CC3)c(F)c2)C(=O)O1. The number of cyclic esters (lactones) is 1. The predicted octanol–water partition coefficient (Wildman–Crippen LogP) is 2.51. The van der Waals surface area contributed by atoms with Crippen molar-refractivity contribution in [3.63, 3.8) is 0 Å². The number of hydrogen-bond acceptors (Lipinski definition) is 8. The van der Waals surface area contributed by atoms with E-state index in [1.807, 2.05) is 4.90 Å². The van der Waals surface area contributed by atoms with Crippen LogP contribution in [0.3, 0.4) is 0 Å². The van der Waals surface area contributed by atoms with Crippen LogP contribution in [0.4, 0.5) is 25.4 Å². The molecule has 2 N–H and O–H groups in total. The van der Waals surface area contributed by atoms with E-state index in [1.165, 1.54) is 34.2 Å². The number of ketones is 1. The van der Waals surface area contributed by atoms with Crippen LogP contribution in [0.15, 0.2) is 29.9 Å². The molecule has 3 heterocycles. The molecule has 2 saturated heterocycles. The van der Waals surface area contributed by atoms with E-state index >= 15 is 4.39 Å². The highest BCUT2D eigenvalue weighted by Gasteiger charge is 2.33. The van der Waals surface area contributed by atoms with Crippen molar-refractivity contribution in [1.29, 1.82) is 0 Å². The van der Waals surface area contributed by atoms with Gasteiger partial charge in [0.25, 0.3) is 0 Å². The number of nitrogens with one attached hydrogen (secondary N) is 2. The molecule has 2 fully saturated rings. The molecule has 1 aromatic heterocycles. The first-order valence-corrected chi connectivity index (χ1v) is 12.0. The van der Waals surface area contributed by atoms with Gasteiger partial charge in [-0.3, -0.25) is 14.9 Å². The third-order valence-corrected chi connectivity index (χ3v) is 6.48. The van der Waals surface area contributed by atoms with Gasteiger partial charge in [-0.25, -0.2) is 19.4 Å². The zero-order chi connectivity index (χ0) is 24.1. The van der Waals surface area contributed by atoms with E-state index in [1.54, 1.807) is 23.8 Å². The van der Waals surface area contributed by atoms with Crippen molar-refractivity contribution in [3.05, 3.63) is 40.6 Å². The van der Waals surface area contributed by atoms with Crippen molar-refractivity contribution in [1.82, 2.24) is 20.7 Å². The number of aromatic nitrogens is 1. The standard InChI is InChI=1S/C22H27FN6O4S/c1-15(30)2-4-17-13-28(22(32)33-17)16-3-5-20(19(23)10-16)27-7-6-26-29(9-8-27)21(31)25-12-18-11-24-14-34-18/h3,5,10-11,14,17,26H,2,4,6-9,12-13H2,1H3,(H,25,31)/t17-/m0/s1. The number of halogens is 1. The van der Waals surface area contributed by atoms with Crippen molar-refractivity contribution in [2.45, 2.75) is 32.4 Å². The summed E-state index contributed by atoms with van der Waals surface area (Å²) in [5, 5.41) is 4.34. The number of ether oxygens (including phenoxy) is 1. The van der Waals surface area contributed by atoms with Crippen LogP contribution in [0.1, 0.15) is 24.6 Å². The summed E-state index contributed by atoms with van der Waals surface area (Å²) in [6, 6.07) is 4.39. The molecule has 2 aromatic rings. The Bertz CT molecular complexity index is 1040. The average Bonchev–Trinajstić information content (AvgIpc) is 3.39. The van der Waals surface area contributed by atoms with Crippen LogP contribution < -0.4 is 20.5 Å². The highest BCUT2D eigenvalue weighted by Crippen LogP contribution is 2.29. The van der Waals surface area contributed by atoms with Crippen molar-refractivity contribution in [2.24, 2.45) is 0 Å². The molecule has 0 spiro atoms. The summed E-state index contributed by atoms with van der Waals surface area (Å²) < 4.78 is 20.4. The lowest BCUT2D eigenvalue weighted by Crippen LogP contribution is -2.48. The Balaban J connectivity index is 1.34. The van der Waals surface area contributed by atoms with E-state index < -0.39 is 11.9 Å². The second-order valence-electron chi connectivity index (χ2n) is 8.17. The van der Waals surface area contributed by atoms with Crippen LogP contribution in [0, 0.1) is 5.82 Å². The fraction of sp³-hybridized carbons (Fsp3) is 0.455. The zero-order valence-corrected chi connectivity index (χ0v) is 19.6. The fourth-order valence-electron chi connectivity index (χ4n) is 3.90. The van der Waals surface area contributed by atoms with Crippen LogP contribution in [0.2, 0.25) is 0 Å². The monoisotopic (exact) mass is 490 g/mol. The first kappa shape index (κ1) is 23.9. The van der Waals surface area contributed by atoms with E-state index in [0.29, 0.717) is 56.9 Å². The largest absolute Gasteiger partial charge is 0.444 e. The normalized spacial score (nSPS) is 18.6. The Kier molecular flexibility index (Phi) is 7.58. The second kappa shape index (κ2) is 10.8. The van der Waals surface area contributed by atoms with Crippen LogP contribution in [0.5, 0.6) is 0 Å². The molecule has 182 valence electrons. The number of urea groups is 1. The first-order chi connectivity index (χ1) is 16.4. The maximum Gasteiger partial charge on any atom is 0.414 e. The fourth-order valence-corrected chi connectivity index (χ4v) is 4.43. The predicted molar refractivity (Wildman–Crippen MR) is 125 cm³/mol. The van der Waals surface area contributed by atoms with E-state index in [4.69, 9.17) is 4.74 Å². The lowest BCUT2D eigenvalue weighted by molar-refractivity contribution is -0.117. The van der Waals surface area contributed by atoms with Crippen LogP contribution in [0.25, 0.3) is 0 Å². The van der Waals surface area contributed by atoms with Gasteiger partial charge in [0.15, 0.2) is 0 Å². The highest BCUT2D eigenvalue weighted by atomic mass is 32.1. The van der Waals surface area contributed by atoms with Gasteiger partial charge in [-0.15, -0.1) is 11.3 Å². The van der Waals surface area contributed by atoms with Crippen LogP contribution >= 0.6 is 11.3 Å². The number of nitrogens with zero attached hydrogens (tertiary/aromatic N) is 4. The van der Waals surface area contributed by atoms with E-state index in [9.17, 15) is 14.4 Å². The average molecular weight is 491 g/mol. The minimum Gasteiger partial charge on any atom is -0.444 e. The Hall–Kier alpha value is -3.25. The van der Waals surface area contributed by atoms with Crippen molar-refractivity contribution in [2.75, 3.05) is 42.5 Å². The number of carbonyl (C=O) groups is 3. The summed E-state index contributed by atoms with van der Waals surface area (Å²) in [6.45, 7) is 3.96. The molecular weight excluding hydrogens is 463 g/mol. The van der Waals surface area contributed by atoms with Crippen molar-refractivity contribution >= 4 is 40.6 Å². The minimum atomic E-state index is -0.542. The van der Waals surface area contributed by atoms with Crippen molar-refractivity contribution in [3.8, 4) is 0 Å². The number of anilines is 2.